The molecule has 0 spiro atoms. The van der Waals surface area contributed by atoms with E-state index < -0.39 is 0 Å². The van der Waals surface area contributed by atoms with Gasteiger partial charge in [0.25, 0.3) is 0 Å². The molecule has 0 amide bonds. The van der Waals surface area contributed by atoms with Gasteiger partial charge in [-0.25, -0.2) is 0 Å². The van der Waals surface area contributed by atoms with Crippen LogP contribution in [-0.2, 0) is 6.42 Å². The Bertz CT molecular complexity index is 1530. The fourth-order valence-electron chi connectivity index (χ4n) is 5.27. The average molecular weight is 630 g/mol. The summed E-state index contributed by atoms with van der Waals surface area (Å²) in [6, 6.07) is 27.8. The van der Waals surface area contributed by atoms with Crippen LogP contribution in [-0.4, -0.2) is 11.8 Å². The molecule has 3 aromatic carbocycles. The molecule has 46 heavy (non-hydrogen) atoms. The van der Waals surface area contributed by atoms with Crippen molar-refractivity contribution in [3.8, 4) is 11.8 Å². The first-order chi connectivity index (χ1) is 22.2. The van der Waals surface area contributed by atoms with Crippen LogP contribution in [0.5, 0.6) is 0 Å². The molecule has 0 aliphatic heterocycles. The largest absolute Gasteiger partial charge is 0.388 e. The van der Waals surface area contributed by atoms with Gasteiger partial charge in [-0.3, -0.25) is 0 Å². The van der Waals surface area contributed by atoms with Gasteiger partial charge in [0.15, 0.2) is 0 Å². The highest BCUT2D eigenvalue weighted by atomic mass is 32.2. The Morgan fingerprint density at radius 1 is 0.913 bits per heavy atom. The first kappa shape index (κ1) is 38.3. The van der Waals surface area contributed by atoms with E-state index in [1.54, 1.807) is 0 Å². The highest BCUT2D eigenvalue weighted by molar-refractivity contribution is 8.00. The lowest BCUT2D eigenvalue weighted by Gasteiger charge is -2.26. The van der Waals surface area contributed by atoms with Crippen molar-refractivity contribution >= 4 is 11.8 Å². The molecule has 3 aromatic rings. The van der Waals surface area contributed by atoms with Crippen LogP contribution in [0.4, 0.5) is 0 Å². The van der Waals surface area contributed by atoms with Crippen LogP contribution in [0.3, 0.4) is 0 Å². The maximum absolute atomic E-state index is 4.42. The molecule has 3 rings (SSSR count). The molecular formula is C44H55NS. The molecule has 0 fully saturated rings. The van der Waals surface area contributed by atoms with Gasteiger partial charge in [0.1, 0.15) is 0 Å². The Hall–Kier alpha value is -3.93. The van der Waals surface area contributed by atoms with Crippen molar-refractivity contribution in [1.82, 2.24) is 5.32 Å². The number of hydrogen-bond donors (Lipinski definition) is 1. The van der Waals surface area contributed by atoms with Gasteiger partial charge in [-0.1, -0.05) is 130 Å². The summed E-state index contributed by atoms with van der Waals surface area (Å²) in [5.41, 5.74) is 12.2. The topological polar surface area (TPSA) is 12.0 Å². The summed E-state index contributed by atoms with van der Waals surface area (Å²) in [5, 5.41) is 4.14. The SMILES string of the molecule is C=C/C(CC)=C(C)\C(=C/C)CCNC(=C)CC(SC(Cc1cccc(C)c1)c1ccc(C#Cc2ccccc2)cc1)C(=C)C.CC. The molecule has 0 aliphatic rings. The van der Waals surface area contributed by atoms with E-state index in [2.05, 4.69) is 126 Å². The van der Waals surface area contributed by atoms with Crippen LogP contribution >= 0.6 is 11.8 Å². The van der Waals surface area contributed by atoms with Gasteiger partial charge in [-0.15, -0.1) is 11.8 Å². The minimum Gasteiger partial charge on any atom is -0.388 e. The fourth-order valence-corrected chi connectivity index (χ4v) is 6.80. The summed E-state index contributed by atoms with van der Waals surface area (Å²) in [4.78, 5) is 0. The van der Waals surface area contributed by atoms with Crippen molar-refractivity contribution < 1.29 is 0 Å². The minimum absolute atomic E-state index is 0.248. The second kappa shape index (κ2) is 21.0. The lowest BCUT2D eigenvalue weighted by molar-refractivity contribution is 0.737. The van der Waals surface area contributed by atoms with Crippen molar-refractivity contribution in [2.24, 2.45) is 0 Å². The number of benzene rings is 3. The third kappa shape index (κ3) is 12.8. The summed E-state index contributed by atoms with van der Waals surface area (Å²) in [5.74, 6) is 6.59. The number of aryl methyl sites for hydroxylation is 1. The van der Waals surface area contributed by atoms with Crippen LogP contribution in [0.15, 0.2) is 139 Å². The van der Waals surface area contributed by atoms with E-state index in [1.165, 1.54) is 39.0 Å². The van der Waals surface area contributed by atoms with Crippen LogP contribution in [0.1, 0.15) is 93.9 Å². The average Bonchev–Trinajstić information content (AvgIpc) is 3.07. The summed E-state index contributed by atoms with van der Waals surface area (Å²) < 4.78 is 0. The molecule has 0 saturated carbocycles. The first-order valence-electron chi connectivity index (χ1n) is 16.7. The number of allylic oxidation sites excluding steroid dienone is 5. The van der Waals surface area contributed by atoms with Gasteiger partial charge in [-0.2, -0.15) is 0 Å². The van der Waals surface area contributed by atoms with E-state index in [1.807, 2.05) is 62.0 Å². The Balaban J connectivity index is 0.00000361. The van der Waals surface area contributed by atoms with E-state index in [0.717, 1.165) is 49.1 Å². The van der Waals surface area contributed by atoms with E-state index in [-0.39, 0.29) is 10.5 Å². The van der Waals surface area contributed by atoms with E-state index in [4.69, 9.17) is 0 Å². The normalized spacial score (nSPS) is 12.7. The van der Waals surface area contributed by atoms with Crippen molar-refractivity contribution in [1.29, 1.82) is 0 Å². The molecule has 0 bridgehead atoms. The Kier molecular flexibility index (Phi) is 17.4. The molecular weight excluding hydrogens is 575 g/mol. The molecule has 242 valence electrons. The van der Waals surface area contributed by atoms with E-state index in [0.29, 0.717) is 0 Å². The summed E-state index contributed by atoms with van der Waals surface area (Å²) in [6.45, 7) is 28.5. The molecule has 0 aromatic heterocycles. The van der Waals surface area contributed by atoms with Gasteiger partial charge in [0.05, 0.1) is 0 Å². The molecule has 2 heteroatoms. The van der Waals surface area contributed by atoms with Crippen LogP contribution in [0.2, 0.25) is 0 Å². The van der Waals surface area contributed by atoms with E-state index in [9.17, 15) is 0 Å². The number of nitrogens with one attached hydrogen (secondary N) is 1. The smallest absolute Gasteiger partial charge is 0.0343 e. The second-order valence-corrected chi connectivity index (χ2v) is 12.8. The summed E-state index contributed by atoms with van der Waals surface area (Å²) >= 11 is 1.99. The highest BCUT2D eigenvalue weighted by Crippen LogP contribution is 2.39. The van der Waals surface area contributed by atoms with Gasteiger partial charge < -0.3 is 5.32 Å². The van der Waals surface area contributed by atoms with E-state index >= 15 is 0 Å². The van der Waals surface area contributed by atoms with Crippen molar-refractivity contribution in [3.63, 3.8) is 0 Å². The molecule has 0 heterocycles. The molecule has 0 radical (unpaired) electrons. The number of rotatable bonds is 15. The molecule has 1 N–H and O–H groups in total. The third-order valence-corrected chi connectivity index (χ3v) is 9.59. The van der Waals surface area contributed by atoms with Gasteiger partial charge in [-0.05, 0) is 99.1 Å². The van der Waals surface area contributed by atoms with Crippen LogP contribution < -0.4 is 5.32 Å². The molecule has 1 nitrogen and oxygen atoms in total. The van der Waals surface area contributed by atoms with Crippen molar-refractivity contribution in [2.75, 3.05) is 6.54 Å². The fraction of sp³-hybridized carbons (Fsp3) is 0.318. The zero-order valence-electron chi connectivity index (χ0n) is 29.4. The van der Waals surface area contributed by atoms with Gasteiger partial charge >= 0.3 is 0 Å². The highest BCUT2D eigenvalue weighted by Gasteiger charge is 2.21. The predicted octanol–water partition coefficient (Wildman–Crippen LogP) is 12.1. The molecule has 0 saturated heterocycles. The predicted molar refractivity (Wildman–Crippen MR) is 207 cm³/mol. The van der Waals surface area contributed by atoms with Crippen molar-refractivity contribution in [3.05, 3.63) is 167 Å². The lowest BCUT2D eigenvalue weighted by Crippen LogP contribution is -2.19. The standard InChI is InChI=1S/C42H49NS.C2H6/c1-9-38(10-2)34(8)39(11-3)26-27-43-33(7)29-41(31(4)5)44-42(30-37-19-15-16-32(6)28-37)40-24-22-36(23-25-40)21-20-35-17-13-12-14-18-35;1-2/h9,11-19,22-25,28,41-43H,1,4,7,10,26-27,29-30H2,2-3,5-6,8H3;1-2H3/b38-34+,39-11-;. The van der Waals surface area contributed by atoms with Crippen LogP contribution in [0, 0.1) is 18.8 Å². The Morgan fingerprint density at radius 2 is 1.57 bits per heavy atom. The lowest BCUT2D eigenvalue weighted by atomic mass is 9.97. The summed E-state index contributed by atoms with van der Waals surface area (Å²) in [7, 11) is 0. The zero-order chi connectivity index (χ0) is 33.9. The minimum atomic E-state index is 0.248. The number of hydrogen-bond acceptors (Lipinski definition) is 2. The van der Waals surface area contributed by atoms with Gasteiger partial charge in [0.2, 0.25) is 0 Å². The first-order valence-corrected chi connectivity index (χ1v) is 17.6. The maximum atomic E-state index is 4.42. The Morgan fingerprint density at radius 3 is 2.13 bits per heavy atom. The monoisotopic (exact) mass is 629 g/mol. The third-order valence-electron chi connectivity index (χ3n) is 7.93. The molecule has 0 aliphatic carbocycles. The molecule has 2 unspecified atom stereocenters. The summed E-state index contributed by atoms with van der Waals surface area (Å²) in [6.07, 6.45) is 7.96. The quantitative estimate of drug-likeness (QED) is 0.102. The zero-order valence-corrected chi connectivity index (χ0v) is 30.2. The maximum Gasteiger partial charge on any atom is 0.0343 e. The number of thioether (sulfide) groups is 1. The second-order valence-electron chi connectivity index (χ2n) is 11.4. The van der Waals surface area contributed by atoms with Crippen molar-refractivity contribution in [2.45, 2.75) is 84.6 Å². The molecule has 2 atom stereocenters. The Labute approximate surface area is 285 Å². The van der Waals surface area contributed by atoms with Gasteiger partial charge in [0, 0.05) is 40.3 Å². The van der Waals surface area contributed by atoms with Crippen LogP contribution in [0.25, 0.3) is 0 Å².